The third kappa shape index (κ3) is 1.32. The third-order valence-electron chi connectivity index (χ3n) is 2.94. The van der Waals surface area contributed by atoms with Gasteiger partial charge >= 0.3 is 16.5 Å². The molecule has 0 aromatic rings. The molecular formula is C7H9NO7S. The maximum absolute atomic E-state index is 11.3. The number of nitrogens with zero attached hydrogens (tertiary/aromatic N) is 1. The SMILES string of the molecule is O=C1OCC2C3OS(=O)(=O)OC3[C@@H](O)CN12. The van der Waals surface area contributed by atoms with Crippen LogP contribution in [-0.2, 0) is 23.5 Å². The zero-order valence-electron chi connectivity index (χ0n) is 7.98. The Bertz CT molecular complexity index is 434. The number of rotatable bonds is 0. The number of hydrogen-bond donors (Lipinski definition) is 1. The maximum atomic E-state index is 11.3. The first kappa shape index (κ1) is 10.3. The van der Waals surface area contributed by atoms with Crippen LogP contribution in [0.2, 0.25) is 0 Å². The first-order chi connectivity index (χ1) is 7.48. The molecule has 3 saturated heterocycles. The Morgan fingerprint density at radius 2 is 2.00 bits per heavy atom. The zero-order chi connectivity index (χ0) is 11.5. The van der Waals surface area contributed by atoms with Crippen LogP contribution in [0, 0.1) is 0 Å². The lowest BCUT2D eigenvalue weighted by molar-refractivity contribution is -0.0536. The van der Waals surface area contributed by atoms with E-state index in [9.17, 15) is 18.3 Å². The Morgan fingerprint density at radius 1 is 1.31 bits per heavy atom. The highest BCUT2D eigenvalue weighted by Gasteiger charge is 2.57. The second-order valence-corrected chi connectivity index (χ2v) is 5.10. The Morgan fingerprint density at radius 3 is 2.75 bits per heavy atom. The van der Waals surface area contributed by atoms with E-state index < -0.39 is 40.8 Å². The molecule has 3 aliphatic heterocycles. The summed E-state index contributed by atoms with van der Waals surface area (Å²) in [5, 5.41) is 9.66. The van der Waals surface area contributed by atoms with Gasteiger partial charge < -0.3 is 9.84 Å². The summed E-state index contributed by atoms with van der Waals surface area (Å²) in [5.74, 6) is 0. The fourth-order valence-electron chi connectivity index (χ4n) is 2.22. The van der Waals surface area contributed by atoms with E-state index in [1.54, 1.807) is 0 Å². The summed E-state index contributed by atoms with van der Waals surface area (Å²) >= 11 is 0. The molecule has 3 fully saturated rings. The van der Waals surface area contributed by atoms with Gasteiger partial charge in [0.1, 0.15) is 24.9 Å². The zero-order valence-corrected chi connectivity index (χ0v) is 8.79. The van der Waals surface area contributed by atoms with Crippen LogP contribution in [0.4, 0.5) is 4.79 Å². The van der Waals surface area contributed by atoms with Gasteiger partial charge in [0.15, 0.2) is 0 Å². The number of carbonyl (C=O) groups is 1. The molecule has 1 amide bonds. The summed E-state index contributed by atoms with van der Waals surface area (Å²) < 4.78 is 36.3. The second kappa shape index (κ2) is 3.06. The van der Waals surface area contributed by atoms with E-state index in [2.05, 4.69) is 4.18 Å². The summed E-state index contributed by atoms with van der Waals surface area (Å²) in [4.78, 5) is 12.5. The van der Waals surface area contributed by atoms with Gasteiger partial charge in [-0.1, -0.05) is 0 Å². The molecule has 0 radical (unpaired) electrons. The lowest BCUT2D eigenvalue weighted by Gasteiger charge is -2.35. The van der Waals surface area contributed by atoms with Crippen molar-refractivity contribution in [1.82, 2.24) is 4.90 Å². The number of piperidine rings is 1. The van der Waals surface area contributed by atoms with E-state index in [4.69, 9.17) is 8.92 Å². The van der Waals surface area contributed by atoms with E-state index in [0.29, 0.717) is 0 Å². The van der Waals surface area contributed by atoms with Crippen molar-refractivity contribution in [3.63, 3.8) is 0 Å². The number of amides is 1. The van der Waals surface area contributed by atoms with Gasteiger partial charge in [-0.05, 0) is 0 Å². The molecule has 0 spiro atoms. The van der Waals surface area contributed by atoms with Gasteiger partial charge in [0.2, 0.25) is 0 Å². The van der Waals surface area contributed by atoms with Crippen molar-refractivity contribution in [3.8, 4) is 0 Å². The number of aliphatic hydroxyl groups is 1. The van der Waals surface area contributed by atoms with Gasteiger partial charge in [0, 0.05) is 0 Å². The van der Waals surface area contributed by atoms with Gasteiger partial charge in [0.05, 0.1) is 12.6 Å². The van der Waals surface area contributed by atoms with Gasteiger partial charge in [-0.15, -0.1) is 0 Å². The van der Waals surface area contributed by atoms with Crippen LogP contribution in [0.3, 0.4) is 0 Å². The van der Waals surface area contributed by atoms with Crippen LogP contribution < -0.4 is 0 Å². The van der Waals surface area contributed by atoms with Crippen LogP contribution in [-0.4, -0.2) is 62.0 Å². The predicted molar refractivity (Wildman–Crippen MR) is 46.5 cm³/mol. The molecule has 16 heavy (non-hydrogen) atoms. The molecule has 0 bridgehead atoms. The molecule has 0 saturated carbocycles. The standard InChI is InChI=1S/C7H9NO7S/c9-4-1-8-3(2-13-7(8)10)5-6(4)15-16(11,12)14-5/h3-6,9H,1-2H2/t3?,4-,5?,6?/m0/s1. The predicted octanol–water partition coefficient (Wildman–Crippen LogP) is -1.79. The molecular weight excluding hydrogens is 242 g/mol. The van der Waals surface area contributed by atoms with Gasteiger partial charge in [-0.25, -0.2) is 13.2 Å². The van der Waals surface area contributed by atoms with Gasteiger partial charge in [-0.2, -0.15) is 8.42 Å². The highest BCUT2D eigenvalue weighted by Crippen LogP contribution is 2.34. The number of carbonyl (C=O) groups excluding carboxylic acids is 1. The number of cyclic esters (lactones) is 1. The largest absolute Gasteiger partial charge is 0.447 e. The average Bonchev–Trinajstić information content (AvgIpc) is 2.68. The average molecular weight is 251 g/mol. The monoisotopic (exact) mass is 251 g/mol. The van der Waals surface area contributed by atoms with E-state index in [1.165, 1.54) is 4.90 Å². The molecule has 90 valence electrons. The number of fused-ring (bicyclic) bond motifs is 3. The van der Waals surface area contributed by atoms with Gasteiger partial charge in [-0.3, -0.25) is 4.90 Å². The highest BCUT2D eigenvalue weighted by molar-refractivity contribution is 7.82. The molecule has 4 atom stereocenters. The minimum atomic E-state index is -4.07. The molecule has 3 unspecified atom stereocenters. The molecule has 0 aromatic carbocycles. The van der Waals surface area contributed by atoms with Gasteiger partial charge in [0.25, 0.3) is 0 Å². The Labute approximate surface area is 91.0 Å². The van der Waals surface area contributed by atoms with Crippen LogP contribution in [0.15, 0.2) is 0 Å². The van der Waals surface area contributed by atoms with Crippen molar-refractivity contribution in [2.45, 2.75) is 24.4 Å². The van der Waals surface area contributed by atoms with Crippen molar-refractivity contribution >= 4 is 16.5 Å². The van der Waals surface area contributed by atoms with Crippen molar-refractivity contribution in [3.05, 3.63) is 0 Å². The molecule has 0 aliphatic carbocycles. The minimum Gasteiger partial charge on any atom is -0.447 e. The normalized spacial score (nSPS) is 45.1. The van der Waals surface area contributed by atoms with E-state index in [1.807, 2.05) is 0 Å². The number of ether oxygens (including phenoxy) is 1. The van der Waals surface area contributed by atoms with Crippen LogP contribution >= 0.6 is 0 Å². The number of aliphatic hydroxyl groups excluding tert-OH is 1. The quantitative estimate of drug-likeness (QED) is 0.542. The second-order valence-electron chi connectivity index (χ2n) is 3.89. The lowest BCUT2D eigenvalue weighted by atomic mass is 9.95. The lowest BCUT2D eigenvalue weighted by Crippen LogP contribution is -2.59. The fraction of sp³-hybridized carbons (Fsp3) is 0.857. The third-order valence-corrected chi connectivity index (χ3v) is 3.85. The Balaban J connectivity index is 1.94. The minimum absolute atomic E-state index is 0.0104. The molecule has 1 N–H and O–H groups in total. The Kier molecular flexibility index (Phi) is 1.97. The first-order valence-corrected chi connectivity index (χ1v) is 6.04. The van der Waals surface area contributed by atoms with Crippen molar-refractivity contribution in [2.24, 2.45) is 0 Å². The topological polar surface area (TPSA) is 102 Å². The summed E-state index contributed by atoms with van der Waals surface area (Å²) in [6, 6.07) is -0.516. The summed E-state index contributed by atoms with van der Waals surface area (Å²) in [6.45, 7) is 0.0369. The van der Waals surface area contributed by atoms with Crippen molar-refractivity contribution in [2.75, 3.05) is 13.2 Å². The van der Waals surface area contributed by atoms with Crippen molar-refractivity contribution < 1.29 is 31.4 Å². The first-order valence-electron chi connectivity index (χ1n) is 4.71. The fourth-order valence-corrected chi connectivity index (χ4v) is 3.29. The van der Waals surface area contributed by atoms with Crippen LogP contribution in [0.5, 0.6) is 0 Å². The highest BCUT2D eigenvalue weighted by atomic mass is 32.3. The molecule has 9 heteroatoms. The molecule has 3 aliphatic rings. The Hall–Kier alpha value is -0.900. The molecule has 3 heterocycles. The summed E-state index contributed by atoms with van der Waals surface area (Å²) in [7, 11) is -4.07. The summed E-state index contributed by atoms with van der Waals surface area (Å²) in [5.41, 5.74) is 0. The van der Waals surface area contributed by atoms with Crippen LogP contribution in [0.1, 0.15) is 0 Å². The van der Waals surface area contributed by atoms with Crippen LogP contribution in [0.25, 0.3) is 0 Å². The van der Waals surface area contributed by atoms with Crippen molar-refractivity contribution in [1.29, 1.82) is 0 Å². The smallest absolute Gasteiger partial charge is 0.410 e. The van der Waals surface area contributed by atoms with E-state index >= 15 is 0 Å². The molecule has 0 aromatic heterocycles. The van der Waals surface area contributed by atoms with E-state index in [-0.39, 0.29) is 13.2 Å². The summed E-state index contributed by atoms with van der Waals surface area (Å²) in [6.07, 6.45) is -3.51. The molecule has 8 nitrogen and oxygen atoms in total. The maximum Gasteiger partial charge on any atom is 0.410 e. The van der Waals surface area contributed by atoms with E-state index in [0.717, 1.165) is 0 Å². The molecule has 3 rings (SSSR count). The number of hydrogen-bond acceptors (Lipinski definition) is 7.